The molecule has 6 rings (SSSR count). The third-order valence-corrected chi connectivity index (χ3v) is 7.29. The minimum absolute atomic E-state index is 0.00516. The number of tetrazole rings is 1. The number of hydrogen-bond acceptors (Lipinski definition) is 8. The molecule has 0 bridgehead atoms. The summed E-state index contributed by atoms with van der Waals surface area (Å²) in [5.74, 6) is 1.78. The highest BCUT2D eigenvalue weighted by Gasteiger charge is 2.40. The number of rotatable bonds is 7. The molecule has 194 valence electrons. The second-order valence-corrected chi connectivity index (χ2v) is 9.67. The lowest BCUT2D eigenvalue weighted by atomic mass is 9.98. The number of nitrogens with one attached hydrogen (secondary N) is 1. The molecule has 1 N–H and O–H groups in total. The number of nitrogens with zero attached hydrogens (tertiary/aromatic N) is 6. The van der Waals surface area contributed by atoms with Gasteiger partial charge in [-0.1, -0.05) is 36.4 Å². The number of pyridine rings is 1. The van der Waals surface area contributed by atoms with Crippen LogP contribution in [0.25, 0.3) is 11.4 Å². The summed E-state index contributed by atoms with van der Waals surface area (Å²) in [4.78, 5) is 21.6. The molecule has 4 heterocycles. The van der Waals surface area contributed by atoms with E-state index in [2.05, 4.69) is 48.7 Å². The van der Waals surface area contributed by atoms with Gasteiger partial charge in [0.1, 0.15) is 12.4 Å². The van der Waals surface area contributed by atoms with Crippen LogP contribution in [0.3, 0.4) is 0 Å². The first kappa shape index (κ1) is 24.1. The zero-order valence-electron chi connectivity index (χ0n) is 21.2. The molecule has 4 aromatic rings. The van der Waals surface area contributed by atoms with E-state index in [1.165, 1.54) is 5.56 Å². The van der Waals surface area contributed by atoms with Crippen molar-refractivity contribution in [2.75, 3.05) is 19.7 Å². The van der Waals surface area contributed by atoms with Crippen LogP contribution in [0.4, 0.5) is 4.79 Å². The average molecular weight is 512 g/mol. The predicted molar refractivity (Wildman–Crippen MR) is 139 cm³/mol. The van der Waals surface area contributed by atoms with Crippen molar-refractivity contribution in [3.05, 3.63) is 83.6 Å². The number of aromatic amines is 1. The SMILES string of the molecule is Cc1nc(Oc2ccc(-c3nn[nH]n3)cc2)ccc1CN1CCC(N2C(=O)OC[C@H]2c2ccccc2)CC1. The largest absolute Gasteiger partial charge is 0.447 e. The van der Waals surface area contributed by atoms with Gasteiger partial charge in [-0.25, -0.2) is 9.78 Å². The van der Waals surface area contributed by atoms with Gasteiger partial charge < -0.3 is 9.47 Å². The number of likely N-dealkylation sites (tertiary alicyclic amines) is 1. The Morgan fingerprint density at radius 2 is 1.82 bits per heavy atom. The Bertz CT molecular complexity index is 1370. The van der Waals surface area contributed by atoms with E-state index in [4.69, 9.17) is 9.47 Å². The Hall–Kier alpha value is -4.31. The molecule has 0 unspecified atom stereocenters. The summed E-state index contributed by atoms with van der Waals surface area (Å²) in [6, 6.07) is 21.8. The van der Waals surface area contributed by atoms with Crippen molar-refractivity contribution in [2.24, 2.45) is 0 Å². The number of hydrogen-bond donors (Lipinski definition) is 1. The molecule has 1 amide bonds. The number of benzene rings is 2. The van der Waals surface area contributed by atoms with Gasteiger partial charge in [0.15, 0.2) is 0 Å². The second-order valence-electron chi connectivity index (χ2n) is 9.67. The van der Waals surface area contributed by atoms with Gasteiger partial charge >= 0.3 is 6.09 Å². The molecule has 10 nitrogen and oxygen atoms in total. The first-order valence-corrected chi connectivity index (χ1v) is 12.8. The Labute approximate surface area is 220 Å². The summed E-state index contributed by atoms with van der Waals surface area (Å²) in [7, 11) is 0. The van der Waals surface area contributed by atoms with E-state index in [1.54, 1.807) is 0 Å². The first-order valence-electron chi connectivity index (χ1n) is 12.8. The molecule has 2 aromatic carbocycles. The maximum atomic E-state index is 12.6. The number of piperidine rings is 1. The van der Waals surface area contributed by atoms with E-state index in [0.29, 0.717) is 24.1 Å². The van der Waals surface area contributed by atoms with E-state index in [-0.39, 0.29) is 18.2 Å². The van der Waals surface area contributed by atoms with Gasteiger partial charge in [0, 0.05) is 43.0 Å². The van der Waals surface area contributed by atoms with Crippen LogP contribution in [0, 0.1) is 6.92 Å². The standard InChI is InChI=1S/C28H29N7O3/c1-19-22(9-12-26(29-19)38-24-10-7-21(8-11-24)27-30-32-33-31-27)17-34-15-13-23(14-16-34)35-25(18-37-28(35)36)20-5-3-2-4-6-20/h2-12,23,25H,13-18H2,1H3,(H,30,31,32,33)/t25-/m0/s1. The maximum absolute atomic E-state index is 12.6. The smallest absolute Gasteiger partial charge is 0.410 e. The van der Waals surface area contributed by atoms with Crippen LogP contribution in [0.15, 0.2) is 66.7 Å². The quantitative estimate of drug-likeness (QED) is 0.386. The van der Waals surface area contributed by atoms with E-state index in [9.17, 15) is 4.79 Å². The summed E-state index contributed by atoms with van der Waals surface area (Å²) in [5.41, 5.74) is 4.10. The lowest BCUT2D eigenvalue weighted by Gasteiger charge is -2.38. The Morgan fingerprint density at radius 1 is 1.03 bits per heavy atom. The highest BCUT2D eigenvalue weighted by Crippen LogP contribution is 2.33. The average Bonchev–Trinajstić information content (AvgIpc) is 3.62. The van der Waals surface area contributed by atoms with Crippen molar-refractivity contribution >= 4 is 6.09 Å². The van der Waals surface area contributed by atoms with Gasteiger partial charge in [-0.3, -0.25) is 9.80 Å². The molecule has 0 radical (unpaired) electrons. The van der Waals surface area contributed by atoms with Crippen molar-refractivity contribution in [2.45, 2.75) is 38.4 Å². The molecule has 0 aliphatic carbocycles. The highest BCUT2D eigenvalue weighted by atomic mass is 16.6. The zero-order chi connectivity index (χ0) is 25.9. The lowest BCUT2D eigenvalue weighted by Crippen LogP contribution is -2.46. The van der Waals surface area contributed by atoms with Gasteiger partial charge in [-0.15, -0.1) is 10.2 Å². The van der Waals surface area contributed by atoms with E-state index >= 15 is 0 Å². The predicted octanol–water partition coefficient (Wildman–Crippen LogP) is 4.52. The lowest BCUT2D eigenvalue weighted by molar-refractivity contribution is 0.104. The molecule has 38 heavy (non-hydrogen) atoms. The molecular weight excluding hydrogens is 482 g/mol. The second kappa shape index (κ2) is 10.6. The van der Waals surface area contributed by atoms with E-state index in [1.807, 2.05) is 60.4 Å². The van der Waals surface area contributed by atoms with E-state index in [0.717, 1.165) is 49.3 Å². The molecule has 2 aliphatic rings. The fourth-order valence-electron chi connectivity index (χ4n) is 5.23. The van der Waals surface area contributed by atoms with Gasteiger partial charge in [-0.2, -0.15) is 5.21 Å². The number of aryl methyl sites for hydroxylation is 1. The molecule has 0 spiro atoms. The van der Waals surface area contributed by atoms with Crippen LogP contribution in [0.2, 0.25) is 0 Å². The van der Waals surface area contributed by atoms with Crippen molar-refractivity contribution in [3.63, 3.8) is 0 Å². The van der Waals surface area contributed by atoms with Gasteiger partial charge in [0.05, 0.1) is 6.04 Å². The van der Waals surface area contributed by atoms with Crippen LogP contribution < -0.4 is 4.74 Å². The number of H-pyrrole nitrogens is 1. The normalized spacial score (nSPS) is 18.5. The monoisotopic (exact) mass is 511 g/mol. The summed E-state index contributed by atoms with van der Waals surface area (Å²) in [6.07, 6.45) is 1.65. The summed E-state index contributed by atoms with van der Waals surface area (Å²) < 4.78 is 11.4. The number of ether oxygens (including phenoxy) is 2. The first-order chi connectivity index (χ1) is 18.6. The molecule has 2 fully saturated rings. The third kappa shape index (κ3) is 5.08. The number of cyclic esters (lactones) is 1. The number of carbonyl (C=O) groups is 1. The van der Waals surface area contributed by atoms with Crippen molar-refractivity contribution in [1.82, 2.24) is 35.4 Å². The number of carbonyl (C=O) groups excluding carboxylic acids is 1. The fourth-order valence-corrected chi connectivity index (χ4v) is 5.23. The van der Waals surface area contributed by atoms with Gasteiger partial charge in [-0.05, 0) is 60.4 Å². The summed E-state index contributed by atoms with van der Waals surface area (Å²) in [6.45, 7) is 5.09. The summed E-state index contributed by atoms with van der Waals surface area (Å²) in [5, 5.41) is 14.0. The molecule has 0 saturated carbocycles. The minimum atomic E-state index is -0.197. The fraction of sp³-hybridized carbons (Fsp3) is 0.321. The van der Waals surface area contributed by atoms with Crippen LogP contribution in [0.1, 0.15) is 35.7 Å². The maximum Gasteiger partial charge on any atom is 0.410 e. The van der Waals surface area contributed by atoms with Gasteiger partial charge in [0.25, 0.3) is 0 Å². The zero-order valence-corrected chi connectivity index (χ0v) is 21.2. The van der Waals surface area contributed by atoms with Crippen LogP contribution in [-0.2, 0) is 11.3 Å². The number of amides is 1. The minimum Gasteiger partial charge on any atom is -0.447 e. The van der Waals surface area contributed by atoms with Crippen LogP contribution in [0.5, 0.6) is 11.6 Å². The van der Waals surface area contributed by atoms with E-state index < -0.39 is 0 Å². The molecule has 1 atom stereocenters. The van der Waals surface area contributed by atoms with Gasteiger partial charge in [0.2, 0.25) is 11.7 Å². The topological polar surface area (TPSA) is 109 Å². The van der Waals surface area contributed by atoms with Crippen molar-refractivity contribution < 1.29 is 14.3 Å². The molecule has 2 saturated heterocycles. The Balaban J connectivity index is 1.05. The third-order valence-electron chi connectivity index (χ3n) is 7.29. The van der Waals surface area contributed by atoms with Crippen molar-refractivity contribution in [3.8, 4) is 23.0 Å². The Kier molecular flexibility index (Phi) is 6.70. The number of aromatic nitrogens is 5. The van der Waals surface area contributed by atoms with Crippen LogP contribution in [-0.4, -0.2) is 67.2 Å². The summed E-state index contributed by atoms with van der Waals surface area (Å²) >= 11 is 0. The Morgan fingerprint density at radius 3 is 2.53 bits per heavy atom. The molecule has 2 aromatic heterocycles. The van der Waals surface area contributed by atoms with Crippen LogP contribution >= 0.6 is 0 Å². The van der Waals surface area contributed by atoms with Crippen molar-refractivity contribution in [1.29, 1.82) is 0 Å². The molecule has 10 heteroatoms. The molecular formula is C28H29N7O3. The highest BCUT2D eigenvalue weighted by molar-refractivity contribution is 5.71. The molecule has 2 aliphatic heterocycles.